The fourth-order valence-corrected chi connectivity index (χ4v) is 3.18. The molecule has 0 saturated heterocycles. The Morgan fingerprint density at radius 2 is 2.00 bits per heavy atom. The summed E-state index contributed by atoms with van der Waals surface area (Å²) in [6.07, 6.45) is 5.61. The highest BCUT2D eigenvalue weighted by molar-refractivity contribution is 7.99. The van der Waals surface area contributed by atoms with E-state index in [-0.39, 0.29) is 0 Å². The van der Waals surface area contributed by atoms with E-state index in [2.05, 4.69) is 36.5 Å². The minimum atomic E-state index is 0.803. The maximum Gasteiger partial charge on any atom is 0.0106 e. The maximum atomic E-state index is 3.65. The third-order valence-electron chi connectivity index (χ3n) is 3.24. The maximum absolute atomic E-state index is 3.65. The summed E-state index contributed by atoms with van der Waals surface area (Å²) >= 11 is 1.97. The summed E-state index contributed by atoms with van der Waals surface area (Å²) in [5.41, 5.74) is 1.40. The van der Waals surface area contributed by atoms with Crippen molar-refractivity contribution < 1.29 is 0 Å². The van der Waals surface area contributed by atoms with Crippen LogP contribution in [0, 0.1) is 6.92 Å². The molecule has 1 aromatic carbocycles. The van der Waals surface area contributed by atoms with Crippen LogP contribution in [0.25, 0.3) is 0 Å². The van der Waals surface area contributed by atoms with Gasteiger partial charge in [-0.15, -0.1) is 11.8 Å². The predicted molar refractivity (Wildman–Crippen MR) is 72.2 cm³/mol. The number of rotatable bonds is 5. The van der Waals surface area contributed by atoms with E-state index in [0.717, 1.165) is 12.6 Å². The summed E-state index contributed by atoms with van der Waals surface area (Å²) in [6, 6.07) is 9.44. The average molecular weight is 235 g/mol. The molecule has 1 aliphatic rings. The molecule has 2 heteroatoms. The Kier molecular flexibility index (Phi) is 4.73. The van der Waals surface area contributed by atoms with Gasteiger partial charge < -0.3 is 5.32 Å². The minimum Gasteiger partial charge on any atom is -0.313 e. The van der Waals surface area contributed by atoms with Crippen molar-refractivity contribution in [3.05, 3.63) is 29.8 Å². The zero-order valence-electron chi connectivity index (χ0n) is 10.0. The number of nitrogens with one attached hydrogen (secondary N) is 1. The van der Waals surface area contributed by atoms with Gasteiger partial charge >= 0.3 is 0 Å². The molecule has 0 spiro atoms. The van der Waals surface area contributed by atoms with Crippen molar-refractivity contribution in [2.45, 2.75) is 43.5 Å². The summed E-state index contributed by atoms with van der Waals surface area (Å²) < 4.78 is 0. The van der Waals surface area contributed by atoms with E-state index in [4.69, 9.17) is 0 Å². The highest BCUT2D eigenvalue weighted by Gasteiger charge is 2.13. The van der Waals surface area contributed by atoms with E-state index in [1.807, 2.05) is 11.8 Å². The molecular formula is C14H21NS. The van der Waals surface area contributed by atoms with Crippen LogP contribution in [0.3, 0.4) is 0 Å². The molecule has 0 amide bonds. The zero-order valence-corrected chi connectivity index (χ0v) is 10.9. The van der Waals surface area contributed by atoms with Gasteiger partial charge in [0.05, 0.1) is 0 Å². The zero-order chi connectivity index (χ0) is 11.2. The molecule has 0 atom stereocenters. The first kappa shape index (κ1) is 12.0. The third kappa shape index (κ3) is 3.53. The number of aryl methyl sites for hydroxylation is 1. The van der Waals surface area contributed by atoms with E-state index in [1.54, 1.807) is 0 Å². The lowest BCUT2D eigenvalue weighted by Gasteiger charge is -2.11. The van der Waals surface area contributed by atoms with Crippen molar-refractivity contribution in [2.24, 2.45) is 0 Å². The van der Waals surface area contributed by atoms with Crippen molar-refractivity contribution in [3.63, 3.8) is 0 Å². The van der Waals surface area contributed by atoms with Gasteiger partial charge in [-0.2, -0.15) is 0 Å². The molecule has 0 heterocycles. The van der Waals surface area contributed by atoms with Gasteiger partial charge in [0, 0.05) is 23.2 Å². The second-order valence-electron chi connectivity index (χ2n) is 4.55. The second-order valence-corrected chi connectivity index (χ2v) is 5.69. The lowest BCUT2D eigenvalue weighted by molar-refractivity contribution is 0.545. The molecule has 0 aromatic heterocycles. The number of hydrogen-bond acceptors (Lipinski definition) is 2. The summed E-state index contributed by atoms with van der Waals surface area (Å²) in [5.74, 6) is 1.18. The van der Waals surface area contributed by atoms with Gasteiger partial charge in [-0.05, 0) is 31.4 Å². The van der Waals surface area contributed by atoms with Crippen molar-refractivity contribution in [2.75, 3.05) is 12.3 Å². The molecule has 0 bridgehead atoms. The first-order valence-electron chi connectivity index (χ1n) is 6.28. The Bertz CT molecular complexity index is 318. The third-order valence-corrected chi connectivity index (χ3v) is 4.42. The van der Waals surface area contributed by atoms with E-state index < -0.39 is 0 Å². The van der Waals surface area contributed by atoms with Crippen LogP contribution in [0.4, 0.5) is 0 Å². The molecular weight excluding hydrogens is 214 g/mol. The van der Waals surface area contributed by atoms with Crippen LogP contribution in [-0.4, -0.2) is 18.3 Å². The SMILES string of the molecule is Cc1ccccc1SCCNC1CCCC1. The van der Waals surface area contributed by atoms with Crippen LogP contribution in [0.15, 0.2) is 29.2 Å². The van der Waals surface area contributed by atoms with Crippen molar-refractivity contribution in [3.8, 4) is 0 Å². The Labute approximate surface area is 103 Å². The van der Waals surface area contributed by atoms with E-state index >= 15 is 0 Å². The number of thioether (sulfide) groups is 1. The number of benzene rings is 1. The minimum absolute atomic E-state index is 0.803. The summed E-state index contributed by atoms with van der Waals surface area (Å²) in [7, 11) is 0. The quantitative estimate of drug-likeness (QED) is 0.618. The van der Waals surface area contributed by atoms with Gasteiger partial charge in [0.15, 0.2) is 0 Å². The molecule has 88 valence electrons. The highest BCUT2D eigenvalue weighted by Crippen LogP contribution is 2.22. The molecule has 1 nitrogen and oxygen atoms in total. The van der Waals surface area contributed by atoms with E-state index in [9.17, 15) is 0 Å². The molecule has 1 saturated carbocycles. The predicted octanol–water partition coefficient (Wildman–Crippen LogP) is 3.62. The second kappa shape index (κ2) is 6.31. The molecule has 1 N–H and O–H groups in total. The largest absolute Gasteiger partial charge is 0.313 e. The van der Waals surface area contributed by atoms with Crippen LogP contribution in [0.5, 0.6) is 0 Å². The summed E-state index contributed by atoms with van der Waals surface area (Å²) in [6.45, 7) is 3.33. The summed E-state index contributed by atoms with van der Waals surface area (Å²) in [5, 5.41) is 3.65. The average Bonchev–Trinajstić information content (AvgIpc) is 2.79. The lowest BCUT2D eigenvalue weighted by Crippen LogP contribution is -2.28. The Hall–Kier alpha value is -0.470. The molecule has 1 fully saturated rings. The number of hydrogen-bond donors (Lipinski definition) is 1. The van der Waals surface area contributed by atoms with E-state index in [0.29, 0.717) is 0 Å². The van der Waals surface area contributed by atoms with Crippen LogP contribution < -0.4 is 5.32 Å². The molecule has 16 heavy (non-hydrogen) atoms. The van der Waals surface area contributed by atoms with Crippen molar-refractivity contribution in [1.29, 1.82) is 0 Å². The van der Waals surface area contributed by atoms with Gasteiger partial charge in [0.1, 0.15) is 0 Å². The standard InChI is InChI=1S/C14H21NS/c1-12-6-2-5-9-14(12)16-11-10-15-13-7-3-4-8-13/h2,5-6,9,13,15H,3-4,7-8,10-11H2,1H3. The Morgan fingerprint density at radius 3 is 2.75 bits per heavy atom. The molecule has 1 aliphatic carbocycles. The molecule has 1 aromatic rings. The van der Waals surface area contributed by atoms with Crippen LogP contribution in [0.1, 0.15) is 31.2 Å². The van der Waals surface area contributed by atoms with E-state index in [1.165, 1.54) is 41.9 Å². The Morgan fingerprint density at radius 1 is 1.25 bits per heavy atom. The van der Waals surface area contributed by atoms with Crippen molar-refractivity contribution >= 4 is 11.8 Å². The Balaban J connectivity index is 1.66. The van der Waals surface area contributed by atoms with Gasteiger partial charge in [-0.3, -0.25) is 0 Å². The first-order chi connectivity index (χ1) is 7.86. The lowest BCUT2D eigenvalue weighted by atomic mass is 10.2. The fourth-order valence-electron chi connectivity index (χ4n) is 2.27. The smallest absolute Gasteiger partial charge is 0.0106 e. The topological polar surface area (TPSA) is 12.0 Å². The normalized spacial score (nSPS) is 16.8. The van der Waals surface area contributed by atoms with Gasteiger partial charge in [0.2, 0.25) is 0 Å². The van der Waals surface area contributed by atoms with Gasteiger partial charge in [0.25, 0.3) is 0 Å². The highest BCUT2D eigenvalue weighted by atomic mass is 32.2. The van der Waals surface area contributed by atoms with Crippen molar-refractivity contribution in [1.82, 2.24) is 5.32 Å². The van der Waals surface area contributed by atoms with Crippen LogP contribution in [-0.2, 0) is 0 Å². The monoisotopic (exact) mass is 235 g/mol. The molecule has 0 aliphatic heterocycles. The molecule has 0 radical (unpaired) electrons. The summed E-state index contributed by atoms with van der Waals surface area (Å²) in [4.78, 5) is 1.43. The van der Waals surface area contributed by atoms with Gasteiger partial charge in [-0.25, -0.2) is 0 Å². The first-order valence-corrected chi connectivity index (χ1v) is 7.26. The molecule has 0 unspecified atom stereocenters. The fraction of sp³-hybridized carbons (Fsp3) is 0.571. The van der Waals surface area contributed by atoms with Crippen LogP contribution in [0.2, 0.25) is 0 Å². The van der Waals surface area contributed by atoms with Gasteiger partial charge in [-0.1, -0.05) is 31.0 Å². The molecule has 2 rings (SSSR count). The van der Waals surface area contributed by atoms with Crippen LogP contribution >= 0.6 is 11.8 Å².